The lowest BCUT2D eigenvalue weighted by molar-refractivity contribution is 0.240. The highest BCUT2D eigenvalue weighted by atomic mass is 16.2. The number of carbonyl (C=O) groups is 1. The zero-order chi connectivity index (χ0) is 16.9. The van der Waals surface area contributed by atoms with Crippen molar-refractivity contribution < 1.29 is 4.79 Å². The van der Waals surface area contributed by atoms with Crippen LogP contribution < -0.4 is 10.6 Å². The summed E-state index contributed by atoms with van der Waals surface area (Å²) in [5.41, 5.74) is 2.49. The second-order valence-electron chi connectivity index (χ2n) is 6.49. The molecule has 3 rings (SSSR count). The molecule has 1 atom stereocenters. The predicted molar refractivity (Wildman–Crippen MR) is 93.0 cm³/mol. The van der Waals surface area contributed by atoms with Gasteiger partial charge in [-0.3, -0.25) is 0 Å². The number of carbonyl (C=O) groups excluding carboxylic acids is 1. The van der Waals surface area contributed by atoms with Gasteiger partial charge >= 0.3 is 6.03 Å². The molecule has 24 heavy (non-hydrogen) atoms. The molecular formula is C18H25N5O. The first-order valence-corrected chi connectivity index (χ1v) is 8.62. The molecule has 1 aliphatic heterocycles. The Kier molecular flexibility index (Phi) is 5.13. The largest absolute Gasteiger partial charge is 0.338 e. The fourth-order valence-corrected chi connectivity index (χ4v) is 3.09. The van der Waals surface area contributed by atoms with Crippen LogP contribution in [0.15, 0.2) is 24.3 Å². The van der Waals surface area contributed by atoms with Gasteiger partial charge in [-0.1, -0.05) is 36.8 Å². The summed E-state index contributed by atoms with van der Waals surface area (Å²) >= 11 is 0. The van der Waals surface area contributed by atoms with Crippen LogP contribution in [0, 0.1) is 6.92 Å². The number of nitrogens with one attached hydrogen (secondary N) is 2. The number of benzene rings is 1. The normalized spacial score (nSPS) is 14.2. The average molecular weight is 327 g/mol. The first kappa shape index (κ1) is 16.5. The first-order valence-electron chi connectivity index (χ1n) is 8.62. The number of hydrogen-bond donors (Lipinski definition) is 2. The average Bonchev–Trinajstić information content (AvgIpc) is 3.17. The minimum absolute atomic E-state index is 0.129. The van der Waals surface area contributed by atoms with E-state index in [9.17, 15) is 4.79 Å². The molecule has 1 aliphatic rings. The lowest BCUT2D eigenvalue weighted by atomic mass is 9.99. The fourth-order valence-electron chi connectivity index (χ4n) is 3.09. The maximum absolute atomic E-state index is 11.9. The van der Waals surface area contributed by atoms with Crippen molar-refractivity contribution in [3.8, 4) is 0 Å². The standard InChI is InChI=1S/C18H25N5O/c1-13-5-3-6-15(11-13)14(2)12-20-18(24)19-9-8-17-22-21-16-7-4-10-23(16)17/h3,5-6,11,14H,4,7-10,12H2,1-2H3,(H2,19,20,24)/t14-/m0/s1. The van der Waals surface area contributed by atoms with Gasteiger partial charge in [-0.15, -0.1) is 10.2 Å². The fraction of sp³-hybridized carbons (Fsp3) is 0.500. The Bertz CT molecular complexity index is 709. The third kappa shape index (κ3) is 3.93. The van der Waals surface area contributed by atoms with Crippen LogP contribution >= 0.6 is 0 Å². The van der Waals surface area contributed by atoms with Crippen molar-refractivity contribution in [2.24, 2.45) is 0 Å². The SMILES string of the molecule is Cc1cccc([C@@H](C)CNC(=O)NCCc2nnc3n2CCC3)c1. The van der Waals surface area contributed by atoms with E-state index in [4.69, 9.17) is 0 Å². The third-order valence-electron chi connectivity index (χ3n) is 4.50. The van der Waals surface area contributed by atoms with Crippen molar-refractivity contribution in [1.82, 2.24) is 25.4 Å². The van der Waals surface area contributed by atoms with E-state index in [1.807, 2.05) is 0 Å². The van der Waals surface area contributed by atoms with E-state index >= 15 is 0 Å². The summed E-state index contributed by atoms with van der Waals surface area (Å²) in [5.74, 6) is 2.33. The van der Waals surface area contributed by atoms with Crippen LogP contribution in [0.2, 0.25) is 0 Å². The molecule has 6 heteroatoms. The van der Waals surface area contributed by atoms with Crippen molar-refractivity contribution in [3.63, 3.8) is 0 Å². The topological polar surface area (TPSA) is 71.8 Å². The molecule has 1 aromatic heterocycles. The van der Waals surface area contributed by atoms with E-state index in [1.54, 1.807) is 0 Å². The van der Waals surface area contributed by atoms with Crippen molar-refractivity contribution >= 4 is 6.03 Å². The molecule has 0 bridgehead atoms. The van der Waals surface area contributed by atoms with Gasteiger partial charge in [-0.2, -0.15) is 0 Å². The Morgan fingerprint density at radius 1 is 1.33 bits per heavy atom. The van der Waals surface area contributed by atoms with Crippen molar-refractivity contribution in [1.29, 1.82) is 0 Å². The number of urea groups is 1. The number of hydrogen-bond acceptors (Lipinski definition) is 3. The minimum Gasteiger partial charge on any atom is -0.338 e. The summed E-state index contributed by atoms with van der Waals surface area (Å²) in [6, 6.07) is 8.27. The summed E-state index contributed by atoms with van der Waals surface area (Å²) < 4.78 is 2.17. The second-order valence-corrected chi connectivity index (χ2v) is 6.49. The van der Waals surface area contributed by atoms with Crippen LogP contribution in [-0.4, -0.2) is 33.9 Å². The summed E-state index contributed by atoms with van der Waals surface area (Å²) in [4.78, 5) is 11.9. The van der Waals surface area contributed by atoms with E-state index < -0.39 is 0 Å². The van der Waals surface area contributed by atoms with Gasteiger partial charge in [0.2, 0.25) is 0 Å². The molecule has 0 saturated heterocycles. The van der Waals surface area contributed by atoms with Crippen molar-refractivity contribution in [2.75, 3.05) is 13.1 Å². The molecule has 2 N–H and O–H groups in total. The van der Waals surface area contributed by atoms with Gasteiger partial charge in [0.1, 0.15) is 11.6 Å². The van der Waals surface area contributed by atoms with Crippen LogP contribution in [0.25, 0.3) is 0 Å². The summed E-state index contributed by atoms with van der Waals surface area (Å²) in [6.07, 6.45) is 2.87. The van der Waals surface area contributed by atoms with Crippen LogP contribution in [0.3, 0.4) is 0 Å². The lowest BCUT2D eigenvalue weighted by Gasteiger charge is -2.14. The predicted octanol–water partition coefficient (Wildman–Crippen LogP) is 2.18. The van der Waals surface area contributed by atoms with Gasteiger partial charge in [0, 0.05) is 32.5 Å². The van der Waals surface area contributed by atoms with E-state index in [0.29, 0.717) is 19.5 Å². The zero-order valence-electron chi connectivity index (χ0n) is 14.4. The highest BCUT2D eigenvalue weighted by Gasteiger charge is 2.16. The molecule has 6 nitrogen and oxygen atoms in total. The Hall–Kier alpha value is -2.37. The summed E-state index contributed by atoms with van der Waals surface area (Å²) in [6.45, 7) is 6.39. The van der Waals surface area contributed by atoms with Gasteiger partial charge in [0.15, 0.2) is 0 Å². The van der Waals surface area contributed by atoms with Crippen LogP contribution in [0.5, 0.6) is 0 Å². The molecule has 1 aromatic carbocycles. The number of aromatic nitrogens is 3. The van der Waals surface area contributed by atoms with Crippen molar-refractivity contribution in [3.05, 3.63) is 47.0 Å². The molecule has 128 valence electrons. The van der Waals surface area contributed by atoms with Gasteiger partial charge < -0.3 is 15.2 Å². The van der Waals surface area contributed by atoms with Crippen LogP contribution in [-0.2, 0) is 19.4 Å². The number of aryl methyl sites for hydroxylation is 2. The number of amides is 2. The first-order chi connectivity index (χ1) is 11.6. The Morgan fingerprint density at radius 2 is 2.21 bits per heavy atom. The molecule has 2 heterocycles. The molecule has 2 amide bonds. The van der Waals surface area contributed by atoms with Gasteiger partial charge in [-0.25, -0.2) is 4.79 Å². The van der Waals surface area contributed by atoms with Crippen molar-refractivity contribution in [2.45, 2.75) is 45.6 Å². The highest BCUT2D eigenvalue weighted by Crippen LogP contribution is 2.15. The molecule has 0 saturated carbocycles. The number of nitrogens with zero attached hydrogens (tertiary/aromatic N) is 3. The molecule has 0 aliphatic carbocycles. The zero-order valence-corrected chi connectivity index (χ0v) is 14.4. The van der Waals surface area contributed by atoms with Gasteiger partial charge in [0.05, 0.1) is 0 Å². The highest BCUT2D eigenvalue weighted by molar-refractivity contribution is 5.73. The number of rotatable bonds is 6. The summed E-state index contributed by atoms with van der Waals surface area (Å²) in [7, 11) is 0. The molecule has 0 spiro atoms. The smallest absolute Gasteiger partial charge is 0.314 e. The lowest BCUT2D eigenvalue weighted by Crippen LogP contribution is -2.38. The van der Waals surface area contributed by atoms with E-state index in [-0.39, 0.29) is 11.9 Å². The third-order valence-corrected chi connectivity index (χ3v) is 4.50. The molecule has 0 unspecified atom stereocenters. The monoisotopic (exact) mass is 327 g/mol. The number of fused-ring (bicyclic) bond motifs is 1. The van der Waals surface area contributed by atoms with Crippen LogP contribution in [0.4, 0.5) is 4.79 Å². The Balaban J connectivity index is 1.39. The minimum atomic E-state index is -0.129. The summed E-state index contributed by atoms with van der Waals surface area (Å²) in [5, 5.41) is 14.2. The molecule has 0 fully saturated rings. The second kappa shape index (κ2) is 7.47. The van der Waals surface area contributed by atoms with Crippen LogP contribution in [0.1, 0.15) is 42.0 Å². The Labute approximate surface area is 142 Å². The van der Waals surface area contributed by atoms with Gasteiger partial charge in [0.25, 0.3) is 0 Å². The molecule has 2 aromatic rings. The van der Waals surface area contributed by atoms with Gasteiger partial charge in [-0.05, 0) is 24.8 Å². The maximum Gasteiger partial charge on any atom is 0.314 e. The Morgan fingerprint density at radius 3 is 3.04 bits per heavy atom. The molecule has 0 radical (unpaired) electrons. The van der Waals surface area contributed by atoms with E-state index in [0.717, 1.165) is 31.0 Å². The quantitative estimate of drug-likeness (QED) is 0.854. The molecular weight excluding hydrogens is 302 g/mol. The maximum atomic E-state index is 11.9. The van der Waals surface area contributed by atoms with E-state index in [2.05, 4.69) is 63.5 Å². The van der Waals surface area contributed by atoms with E-state index in [1.165, 1.54) is 11.1 Å².